The number of anilines is 3. The summed E-state index contributed by atoms with van der Waals surface area (Å²) in [6, 6.07) is 15.3. The number of hydrogen-bond donors (Lipinski definition) is 2. The van der Waals surface area contributed by atoms with Gasteiger partial charge in [0, 0.05) is 17.7 Å². The number of rotatable bonds is 5. The van der Waals surface area contributed by atoms with Gasteiger partial charge in [0.25, 0.3) is 0 Å². The molecule has 1 saturated carbocycles. The van der Waals surface area contributed by atoms with Crippen LogP contribution in [0.4, 0.5) is 26.1 Å². The van der Waals surface area contributed by atoms with Crippen molar-refractivity contribution in [2.45, 2.75) is 18.9 Å². The summed E-state index contributed by atoms with van der Waals surface area (Å²) in [7, 11) is 0. The monoisotopic (exact) mass is 338 g/mol. The molecular weight excluding hydrogens is 322 g/mol. The molecule has 0 radical (unpaired) electrons. The van der Waals surface area contributed by atoms with Gasteiger partial charge in [-0.3, -0.25) is 0 Å². The van der Waals surface area contributed by atoms with Crippen molar-refractivity contribution in [2.75, 3.05) is 10.6 Å². The molecule has 3 aromatic rings. The third-order valence-corrected chi connectivity index (χ3v) is 3.90. The predicted molar refractivity (Wildman–Crippen MR) is 93.8 cm³/mol. The van der Waals surface area contributed by atoms with E-state index in [-0.39, 0.29) is 5.69 Å². The molecule has 0 atom stereocenters. The highest BCUT2D eigenvalue weighted by Crippen LogP contribution is 2.28. The normalized spacial score (nSPS) is 13.5. The second kappa shape index (κ2) is 6.47. The standard InChI is InChI=1S/C19H16F2N4/c20-14-7-4-8-15(21)18(14)23-17-11-16(22-13-9-10-13)24-19(25-17)12-5-2-1-3-6-12/h1-8,11,13H,9-10H2,(H2,22,23,24,25). The largest absolute Gasteiger partial charge is 0.367 e. The summed E-state index contributed by atoms with van der Waals surface area (Å²) in [6.07, 6.45) is 2.19. The molecule has 1 aromatic heterocycles. The number of para-hydroxylation sites is 1. The Balaban J connectivity index is 1.73. The van der Waals surface area contributed by atoms with Crippen molar-refractivity contribution in [3.8, 4) is 11.4 Å². The van der Waals surface area contributed by atoms with Gasteiger partial charge in [0.05, 0.1) is 0 Å². The molecule has 25 heavy (non-hydrogen) atoms. The van der Waals surface area contributed by atoms with Crippen molar-refractivity contribution in [3.05, 3.63) is 66.2 Å². The fraction of sp³-hybridized carbons (Fsp3) is 0.158. The SMILES string of the molecule is Fc1cccc(F)c1Nc1cc(NC2CC2)nc(-c2ccccc2)n1. The Hall–Kier alpha value is -3.02. The highest BCUT2D eigenvalue weighted by Gasteiger charge is 2.22. The van der Waals surface area contributed by atoms with E-state index in [2.05, 4.69) is 20.6 Å². The molecule has 1 aliphatic rings. The van der Waals surface area contributed by atoms with Crippen molar-refractivity contribution < 1.29 is 8.78 Å². The van der Waals surface area contributed by atoms with Gasteiger partial charge in [-0.25, -0.2) is 18.7 Å². The molecule has 0 aliphatic heterocycles. The van der Waals surface area contributed by atoms with Gasteiger partial charge < -0.3 is 10.6 Å². The summed E-state index contributed by atoms with van der Waals surface area (Å²) in [5.41, 5.74) is 0.608. The summed E-state index contributed by atoms with van der Waals surface area (Å²) in [5.74, 6) is 0.121. The van der Waals surface area contributed by atoms with E-state index in [1.807, 2.05) is 30.3 Å². The van der Waals surface area contributed by atoms with Crippen LogP contribution in [0.25, 0.3) is 11.4 Å². The molecule has 4 nitrogen and oxygen atoms in total. The summed E-state index contributed by atoms with van der Waals surface area (Å²) in [5, 5.41) is 6.05. The van der Waals surface area contributed by atoms with Gasteiger partial charge in [-0.2, -0.15) is 0 Å². The average Bonchev–Trinajstić information content (AvgIpc) is 3.43. The fourth-order valence-corrected chi connectivity index (χ4v) is 2.48. The van der Waals surface area contributed by atoms with Crippen LogP contribution >= 0.6 is 0 Å². The number of aromatic nitrogens is 2. The van der Waals surface area contributed by atoms with Crippen molar-refractivity contribution in [1.29, 1.82) is 0 Å². The zero-order chi connectivity index (χ0) is 17.2. The molecule has 126 valence electrons. The smallest absolute Gasteiger partial charge is 0.163 e. The van der Waals surface area contributed by atoms with E-state index in [4.69, 9.17) is 0 Å². The molecule has 2 N–H and O–H groups in total. The minimum absolute atomic E-state index is 0.224. The second-order valence-electron chi connectivity index (χ2n) is 5.97. The Labute approximate surface area is 144 Å². The number of nitrogens with one attached hydrogen (secondary N) is 2. The molecule has 0 spiro atoms. The van der Waals surface area contributed by atoms with E-state index in [0.29, 0.717) is 23.5 Å². The first-order valence-corrected chi connectivity index (χ1v) is 8.11. The maximum absolute atomic E-state index is 13.9. The molecule has 4 rings (SSSR count). The third kappa shape index (κ3) is 3.57. The van der Waals surface area contributed by atoms with Crippen LogP contribution < -0.4 is 10.6 Å². The predicted octanol–water partition coefficient (Wildman–Crippen LogP) is 4.74. The molecule has 6 heteroatoms. The zero-order valence-corrected chi connectivity index (χ0v) is 13.3. The van der Waals surface area contributed by atoms with Gasteiger partial charge in [0.1, 0.15) is 29.0 Å². The first-order chi connectivity index (χ1) is 12.2. The average molecular weight is 338 g/mol. The van der Waals surface area contributed by atoms with Crippen LogP contribution in [0.2, 0.25) is 0 Å². The Morgan fingerprint density at radius 1 is 0.840 bits per heavy atom. The van der Waals surface area contributed by atoms with Crippen LogP contribution in [0.3, 0.4) is 0 Å². The first kappa shape index (κ1) is 15.5. The lowest BCUT2D eigenvalue weighted by molar-refractivity contribution is 0.590. The summed E-state index contributed by atoms with van der Waals surface area (Å²) in [4.78, 5) is 8.93. The Kier molecular flexibility index (Phi) is 4.01. The summed E-state index contributed by atoms with van der Waals surface area (Å²) >= 11 is 0. The van der Waals surface area contributed by atoms with Crippen molar-refractivity contribution >= 4 is 17.3 Å². The maximum atomic E-state index is 13.9. The van der Waals surface area contributed by atoms with Crippen LogP contribution in [0.15, 0.2) is 54.6 Å². The van der Waals surface area contributed by atoms with Gasteiger partial charge in [0.2, 0.25) is 0 Å². The lowest BCUT2D eigenvalue weighted by Crippen LogP contribution is -2.07. The summed E-state index contributed by atoms with van der Waals surface area (Å²) < 4.78 is 27.8. The topological polar surface area (TPSA) is 49.8 Å². The van der Waals surface area contributed by atoms with Crippen LogP contribution in [0, 0.1) is 11.6 Å². The molecule has 2 aromatic carbocycles. The zero-order valence-electron chi connectivity index (χ0n) is 13.3. The first-order valence-electron chi connectivity index (χ1n) is 8.11. The van der Waals surface area contributed by atoms with E-state index in [1.165, 1.54) is 18.2 Å². The van der Waals surface area contributed by atoms with Crippen LogP contribution in [-0.4, -0.2) is 16.0 Å². The van der Waals surface area contributed by atoms with E-state index in [0.717, 1.165) is 18.4 Å². The van der Waals surface area contributed by atoms with E-state index >= 15 is 0 Å². The molecule has 1 fully saturated rings. The van der Waals surface area contributed by atoms with Gasteiger partial charge in [-0.15, -0.1) is 0 Å². The molecule has 0 bridgehead atoms. The third-order valence-electron chi connectivity index (χ3n) is 3.90. The Bertz CT molecular complexity index is 875. The van der Waals surface area contributed by atoms with Gasteiger partial charge in [0.15, 0.2) is 5.82 Å². The number of benzene rings is 2. The van der Waals surface area contributed by atoms with Gasteiger partial charge in [-0.05, 0) is 25.0 Å². The molecule has 0 saturated heterocycles. The van der Waals surface area contributed by atoms with E-state index in [9.17, 15) is 8.78 Å². The minimum atomic E-state index is -0.670. The lowest BCUT2D eigenvalue weighted by Gasteiger charge is -2.12. The van der Waals surface area contributed by atoms with Gasteiger partial charge >= 0.3 is 0 Å². The Morgan fingerprint density at radius 2 is 1.52 bits per heavy atom. The van der Waals surface area contributed by atoms with Crippen LogP contribution in [0.1, 0.15) is 12.8 Å². The van der Waals surface area contributed by atoms with Crippen molar-refractivity contribution in [2.24, 2.45) is 0 Å². The molecule has 1 aliphatic carbocycles. The van der Waals surface area contributed by atoms with Crippen molar-refractivity contribution in [3.63, 3.8) is 0 Å². The molecule has 0 amide bonds. The minimum Gasteiger partial charge on any atom is -0.367 e. The van der Waals surface area contributed by atoms with E-state index < -0.39 is 11.6 Å². The number of nitrogens with zero attached hydrogens (tertiary/aromatic N) is 2. The second-order valence-corrected chi connectivity index (χ2v) is 5.97. The highest BCUT2D eigenvalue weighted by atomic mass is 19.1. The number of hydrogen-bond acceptors (Lipinski definition) is 4. The maximum Gasteiger partial charge on any atom is 0.163 e. The van der Waals surface area contributed by atoms with Crippen LogP contribution in [-0.2, 0) is 0 Å². The fourth-order valence-electron chi connectivity index (χ4n) is 2.48. The molecule has 1 heterocycles. The van der Waals surface area contributed by atoms with Crippen molar-refractivity contribution in [1.82, 2.24) is 9.97 Å². The van der Waals surface area contributed by atoms with Gasteiger partial charge in [-0.1, -0.05) is 36.4 Å². The lowest BCUT2D eigenvalue weighted by atomic mass is 10.2. The number of halogens is 2. The van der Waals surface area contributed by atoms with E-state index in [1.54, 1.807) is 6.07 Å². The molecular formula is C19H16F2N4. The highest BCUT2D eigenvalue weighted by molar-refractivity contribution is 5.65. The van der Waals surface area contributed by atoms with Crippen LogP contribution in [0.5, 0.6) is 0 Å². The summed E-state index contributed by atoms with van der Waals surface area (Å²) in [6.45, 7) is 0. The molecule has 0 unspecified atom stereocenters. The quantitative estimate of drug-likeness (QED) is 0.705. The Morgan fingerprint density at radius 3 is 2.20 bits per heavy atom.